The normalized spacial score (nSPS) is 13.6. The van der Waals surface area contributed by atoms with E-state index in [1.165, 1.54) is 21.8 Å². The number of nitrogens with two attached hydrogens (primary N) is 1. The molecule has 1 aromatic heterocycles. The summed E-state index contributed by atoms with van der Waals surface area (Å²) in [5.74, 6) is -0.644. The zero-order chi connectivity index (χ0) is 21.1. The average Bonchev–Trinajstić information content (AvgIpc) is 3.33. The molecule has 0 saturated heterocycles. The first-order valence-electron chi connectivity index (χ1n) is 10.2. The van der Waals surface area contributed by atoms with E-state index in [1.807, 2.05) is 25.1 Å². The lowest BCUT2D eigenvalue weighted by molar-refractivity contribution is -0.115. The molecule has 154 valence electrons. The van der Waals surface area contributed by atoms with Crippen LogP contribution in [0.1, 0.15) is 45.7 Å². The maximum absolute atomic E-state index is 12.5. The Morgan fingerprint density at radius 3 is 2.43 bits per heavy atom. The Morgan fingerprint density at radius 1 is 1.03 bits per heavy atom. The number of fused-ring (bicyclic) bond motifs is 1. The molecule has 5 nitrogen and oxygen atoms in total. The molecule has 0 aliphatic heterocycles. The summed E-state index contributed by atoms with van der Waals surface area (Å²) in [6, 6.07) is 18.6. The summed E-state index contributed by atoms with van der Waals surface area (Å²) >= 11 is 1.47. The highest BCUT2D eigenvalue weighted by molar-refractivity contribution is 7.17. The molecule has 0 bridgehead atoms. The summed E-state index contributed by atoms with van der Waals surface area (Å²) in [5, 5.41) is 6.71. The molecular weight excluding hydrogens is 394 g/mol. The van der Waals surface area contributed by atoms with Crippen molar-refractivity contribution in [3.05, 3.63) is 76.2 Å². The first-order valence-corrected chi connectivity index (χ1v) is 11.0. The van der Waals surface area contributed by atoms with Crippen molar-refractivity contribution in [1.82, 2.24) is 5.32 Å². The van der Waals surface area contributed by atoms with Crippen molar-refractivity contribution in [2.45, 2.75) is 32.2 Å². The first-order chi connectivity index (χ1) is 14.5. The van der Waals surface area contributed by atoms with Crippen molar-refractivity contribution in [2.24, 2.45) is 5.73 Å². The summed E-state index contributed by atoms with van der Waals surface area (Å²) in [7, 11) is 0. The standard InChI is InChI=1S/C24H25N3O2S/c1-15(16-10-12-18(13-11-16)17-6-3-2-4-7-17)26-14-21(28)27-24-22(23(25)29)19-8-5-9-20(19)30-24/h2-4,6-7,10-13,15,26H,5,8-9,14H2,1H3,(H2,25,29)(H,27,28). The van der Waals surface area contributed by atoms with Crippen LogP contribution in [0.4, 0.5) is 5.00 Å². The number of aryl methyl sites for hydroxylation is 1. The van der Waals surface area contributed by atoms with Gasteiger partial charge in [-0.25, -0.2) is 0 Å². The van der Waals surface area contributed by atoms with Crippen LogP contribution < -0.4 is 16.4 Å². The topological polar surface area (TPSA) is 84.2 Å². The van der Waals surface area contributed by atoms with Crippen molar-refractivity contribution >= 4 is 28.2 Å². The number of carbonyl (C=O) groups excluding carboxylic acids is 2. The van der Waals surface area contributed by atoms with E-state index in [9.17, 15) is 9.59 Å². The molecule has 2 amide bonds. The van der Waals surface area contributed by atoms with Gasteiger partial charge in [-0.05, 0) is 48.4 Å². The van der Waals surface area contributed by atoms with Crippen LogP contribution in [-0.4, -0.2) is 18.4 Å². The van der Waals surface area contributed by atoms with E-state index in [1.54, 1.807) is 0 Å². The Bertz CT molecular complexity index is 1060. The van der Waals surface area contributed by atoms with Crippen LogP contribution in [0.15, 0.2) is 54.6 Å². The number of hydrogen-bond acceptors (Lipinski definition) is 4. The minimum atomic E-state index is -0.468. The minimum Gasteiger partial charge on any atom is -0.365 e. The second-order valence-corrected chi connectivity index (χ2v) is 8.67. The third-order valence-electron chi connectivity index (χ3n) is 5.51. The summed E-state index contributed by atoms with van der Waals surface area (Å²) in [4.78, 5) is 25.5. The number of rotatable bonds is 7. The Morgan fingerprint density at radius 2 is 1.73 bits per heavy atom. The number of hydrogen-bond donors (Lipinski definition) is 3. The SMILES string of the molecule is CC(NCC(=O)Nc1sc2c(c1C(N)=O)CCC2)c1ccc(-c2ccccc2)cc1. The van der Waals surface area contributed by atoms with E-state index in [0.717, 1.165) is 36.0 Å². The van der Waals surface area contributed by atoms with Crippen molar-refractivity contribution in [3.8, 4) is 11.1 Å². The molecule has 1 aliphatic carbocycles. The molecular formula is C24H25N3O2S. The zero-order valence-corrected chi connectivity index (χ0v) is 17.7. The average molecular weight is 420 g/mol. The largest absolute Gasteiger partial charge is 0.365 e. The second kappa shape index (κ2) is 8.81. The second-order valence-electron chi connectivity index (χ2n) is 7.56. The Balaban J connectivity index is 1.36. The smallest absolute Gasteiger partial charge is 0.251 e. The Labute approximate surface area is 180 Å². The summed E-state index contributed by atoms with van der Waals surface area (Å²) in [6.45, 7) is 2.18. The first kappa shape index (κ1) is 20.3. The number of nitrogens with one attached hydrogen (secondary N) is 2. The maximum Gasteiger partial charge on any atom is 0.251 e. The minimum absolute atomic E-state index is 0.0181. The molecule has 0 fully saturated rings. The molecule has 4 N–H and O–H groups in total. The van der Waals surface area contributed by atoms with Crippen LogP contribution >= 0.6 is 11.3 Å². The third kappa shape index (κ3) is 4.30. The molecule has 0 radical (unpaired) electrons. The van der Waals surface area contributed by atoms with E-state index in [-0.39, 0.29) is 18.5 Å². The van der Waals surface area contributed by atoms with Gasteiger partial charge in [-0.15, -0.1) is 11.3 Å². The molecule has 4 rings (SSSR count). The van der Waals surface area contributed by atoms with Crippen molar-refractivity contribution in [1.29, 1.82) is 0 Å². The van der Waals surface area contributed by atoms with Gasteiger partial charge in [0.15, 0.2) is 0 Å². The maximum atomic E-state index is 12.5. The molecule has 3 aromatic rings. The fraction of sp³-hybridized carbons (Fsp3) is 0.250. The molecule has 2 aromatic carbocycles. The predicted octanol–water partition coefficient (Wildman–Crippen LogP) is 4.29. The highest BCUT2D eigenvalue weighted by Crippen LogP contribution is 2.38. The van der Waals surface area contributed by atoms with Crippen molar-refractivity contribution in [3.63, 3.8) is 0 Å². The molecule has 30 heavy (non-hydrogen) atoms. The van der Waals surface area contributed by atoms with Crippen LogP contribution in [-0.2, 0) is 17.6 Å². The lowest BCUT2D eigenvalue weighted by atomic mass is 10.0. The van der Waals surface area contributed by atoms with Crippen LogP contribution in [0.5, 0.6) is 0 Å². The predicted molar refractivity (Wildman–Crippen MR) is 122 cm³/mol. The summed E-state index contributed by atoms with van der Waals surface area (Å²) < 4.78 is 0. The van der Waals surface area contributed by atoms with Gasteiger partial charge < -0.3 is 16.4 Å². The molecule has 1 heterocycles. The Hall–Kier alpha value is -2.96. The molecule has 1 unspecified atom stereocenters. The van der Waals surface area contributed by atoms with E-state index >= 15 is 0 Å². The molecule has 0 spiro atoms. The fourth-order valence-electron chi connectivity index (χ4n) is 3.88. The van der Waals surface area contributed by atoms with Gasteiger partial charge in [-0.2, -0.15) is 0 Å². The van der Waals surface area contributed by atoms with E-state index < -0.39 is 5.91 Å². The number of carbonyl (C=O) groups is 2. The van der Waals surface area contributed by atoms with Gasteiger partial charge in [-0.1, -0.05) is 54.6 Å². The van der Waals surface area contributed by atoms with Gasteiger partial charge in [0.2, 0.25) is 5.91 Å². The van der Waals surface area contributed by atoms with Gasteiger partial charge in [0.25, 0.3) is 5.91 Å². The Kier molecular flexibility index (Phi) is 5.97. The third-order valence-corrected chi connectivity index (χ3v) is 6.71. The lowest BCUT2D eigenvalue weighted by Gasteiger charge is -2.15. The summed E-state index contributed by atoms with van der Waals surface area (Å²) in [6.07, 6.45) is 2.84. The highest BCUT2D eigenvalue weighted by Gasteiger charge is 2.26. The van der Waals surface area contributed by atoms with E-state index in [2.05, 4.69) is 47.0 Å². The van der Waals surface area contributed by atoms with Gasteiger partial charge in [0, 0.05) is 10.9 Å². The summed E-state index contributed by atoms with van der Waals surface area (Å²) in [5.41, 5.74) is 10.5. The van der Waals surface area contributed by atoms with Crippen molar-refractivity contribution < 1.29 is 9.59 Å². The molecule has 6 heteroatoms. The van der Waals surface area contributed by atoms with Crippen LogP contribution in [0.2, 0.25) is 0 Å². The van der Waals surface area contributed by atoms with Gasteiger partial charge in [-0.3, -0.25) is 9.59 Å². The highest BCUT2D eigenvalue weighted by atomic mass is 32.1. The molecule has 1 atom stereocenters. The van der Waals surface area contributed by atoms with Gasteiger partial charge in [0.05, 0.1) is 12.1 Å². The lowest BCUT2D eigenvalue weighted by Crippen LogP contribution is -2.30. The van der Waals surface area contributed by atoms with E-state index in [0.29, 0.717) is 10.6 Å². The zero-order valence-electron chi connectivity index (χ0n) is 16.9. The number of anilines is 1. The van der Waals surface area contributed by atoms with Gasteiger partial charge in [0.1, 0.15) is 5.00 Å². The quantitative estimate of drug-likeness (QED) is 0.534. The molecule has 0 saturated carbocycles. The fourth-order valence-corrected chi connectivity index (χ4v) is 5.19. The van der Waals surface area contributed by atoms with Crippen LogP contribution in [0.3, 0.4) is 0 Å². The number of thiophene rings is 1. The molecule has 1 aliphatic rings. The van der Waals surface area contributed by atoms with Gasteiger partial charge >= 0.3 is 0 Å². The van der Waals surface area contributed by atoms with E-state index in [4.69, 9.17) is 5.73 Å². The number of primary amides is 1. The number of amides is 2. The van der Waals surface area contributed by atoms with Crippen LogP contribution in [0.25, 0.3) is 11.1 Å². The van der Waals surface area contributed by atoms with Crippen molar-refractivity contribution in [2.75, 3.05) is 11.9 Å². The monoisotopic (exact) mass is 419 g/mol. The van der Waals surface area contributed by atoms with Crippen LogP contribution in [0, 0.1) is 0 Å². The number of benzene rings is 2.